The van der Waals surface area contributed by atoms with Gasteiger partial charge in [-0.05, 0) is 46.9 Å². The van der Waals surface area contributed by atoms with E-state index in [1.807, 2.05) is 0 Å². The van der Waals surface area contributed by atoms with Crippen LogP contribution < -0.4 is 5.73 Å². The van der Waals surface area contributed by atoms with Crippen molar-refractivity contribution in [3.05, 3.63) is 89.5 Å². The maximum atomic E-state index is 5.66. The fraction of sp³-hybridized carbons (Fsp3) is 0.273. The molecular weight excluding hydrogens is 278 g/mol. The van der Waals surface area contributed by atoms with Crippen molar-refractivity contribution in [3.8, 4) is 0 Å². The maximum Gasteiger partial charge on any atom is 0.0178 e. The highest BCUT2D eigenvalue weighted by atomic mass is 14.5. The second-order valence-corrected chi connectivity index (χ2v) is 6.74. The molecule has 1 unspecified atom stereocenters. The van der Waals surface area contributed by atoms with E-state index in [1.165, 1.54) is 28.7 Å². The Kier molecular flexibility index (Phi) is 4.78. The van der Waals surface area contributed by atoms with Crippen LogP contribution in [-0.2, 0) is 13.0 Å². The number of aryl methyl sites for hydroxylation is 1. The van der Waals surface area contributed by atoms with Crippen molar-refractivity contribution >= 4 is 5.57 Å². The Bertz CT molecular complexity index is 695. The van der Waals surface area contributed by atoms with Crippen molar-refractivity contribution in [1.29, 1.82) is 0 Å². The summed E-state index contributed by atoms with van der Waals surface area (Å²) in [5.41, 5.74) is 11.2. The van der Waals surface area contributed by atoms with Gasteiger partial charge in [-0.1, -0.05) is 79.7 Å². The molecule has 0 spiro atoms. The summed E-state index contributed by atoms with van der Waals surface area (Å²) in [6.45, 7) is 2.98. The Balaban J connectivity index is 1.61. The summed E-state index contributed by atoms with van der Waals surface area (Å²) in [6, 6.07) is 19.3. The van der Waals surface area contributed by atoms with Gasteiger partial charge in [0.2, 0.25) is 0 Å². The minimum atomic E-state index is 0.255. The van der Waals surface area contributed by atoms with Gasteiger partial charge in [0.25, 0.3) is 0 Å². The molecule has 23 heavy (non-hydrogen) atoms. The second kappa shape index (κ2) is 6.97. The molecule has 0 radical (unpaired) electrons. The van der Waals surface area contributed by atoms with Gasteiger partial charge in [0, 0.05) is 6.54 Å². The lowest BCUT2D eigenvalue weighted by molar-refractivity contribution is 0.394. The third kappa shape index (κ3) is 4.00. The van der Waals surface area contributed by atoms with Crippen LogP contribution in [-0.4, -0.2) is 0 Å². The second-order valence-electron chi connectivity index (χ2n) is 6.74. The first-order valence-corrected chi connectivity index (χ1v) is 8.41. The summed E-state index contributed by atoms with van der Waals surface area (Å²) < 4.78 is 0. The Hall–Kier alpha value is -2.12. The van der Waals surface area contributed by atoms with Gasteiger partial charge >= 0.3 is 0 Å². The van der Waals surface area contributed by atoms with Crippen LogP contribution >= 0.6 is 0 Å². The fourth-order valence-electron chi connectivity index (χ4n) is 3.07. The van der Waals surface area contributed by atoms with Crippen LogP contribution in [0.25, 0.3) is 5.57 Å². The molecular formula is C22H25N. The van der Waals surface area contributed by atoms with Gasteiger partial charge in [-0.2, -0.15) is 0 Å². The molecule has 1 heteroatoms. The molecule has 1 nitrogen and oxygen atoms in total. The summed E-state index contributed by atoms with van der Waals surface area (Å²) >= 11 is 0. The van der Waals surface area contributed by atoms with E-state index in [4.69, 9.17) is 5.73 Å². The van der Waals surface area contributed by atoms with Gasteiger partial charge < -0.3 is 5.73 Å². The van der Waals surface area contributed by atoms with E-state index >= 15 is 0 Å². The molecule has 0 fully saturated rings. The fourth-order valence-corrected chi connectivity index (χ4v) is 3.07. The zero-order chi connectivity index (χ0) is 16.1. The average molecular weight is 303 g/mol. The lowest BCUT2D eigenvalue weighted by Crippen LogP contribution is -2.15. The standard InChI is InChI=1S/C22H25N/c1-22(14-11-18-7-9-19(17-23)10-8-18)15-12-21(13-16-22)20-5-3-2-4-6-20/h2-10,12-13,15H,11,14,16-17,23H2,1H3. The number of hydrogen-bond donors (Lipinski definition) is 1. The van der Waals surface area contributed by atoms with E-state index in [-0.39, 0.29) is 5.41 Å². The van der Waals surface area contributed by atoms with Crippen LogP contribution in [0.5, 0.6) is 0 Å². The van der Waals surface area contributed by atoms with Crippen molar-refractivity contribution in [2.75, 3.05) is 0 Å². The summed E-state index contributed by atoms with van der Waals surface area (Å²) in [5.74, 6) is 0. The zero-order valence-electron chi connectivity index (χ0n) is 13.8. The molecule has 0 heterocycles. The molecule has 3 rings (SSSR count). The number of rotatable bonds is 5. The normalized spacial score (nSPS) is 20.3. The van der Waals surface area contributed by atoms with E-state index in [9.17, 15) is 0 Å². The van der Waals surface area contributed by atoms with E-state index < -0.39 is 0 Å². The van der Waals surface area contributed by atoms with Gasteiger partial charge in [-0.3, -0.25) is 0 Å². The largest absolute Gasteiger partial charge is 0.326 e. The molecule has 2 aromatic rings. The Labute approximate surface area is 139 Å². The monoisotopic (exact) mass is 303 g/mol. The number of hydrogen-bond acceptors (Lipinski definition) is 1. The summed E-state index contributed by atoms with van der Waals surface area (Å²) in [5, 5.41) is 0. The molecule has 2 aromatic carbocycles. The van der Waals surface area contributed by atoms with Gasteiger partial charge in [0.1, 0.15) is 0 Å². The smallest absolute Gasteiger partial charge is 0.0178 e. The van der Waals surface area contributed by atoms with Crippen LogP contribution in [0.3, 0.4) is 0 Å². The van der Waals surface area contributed by atoms with Crippen LogP contribution in [0.2, 0.25) is 0 Å². The highest BCUT2D eigenvalue weighted by Gasteiger charge is 2.22. The number of allylic oxidation sites excluding steroid dienone is 4. The van der Waals surface area contributed by atoms with Crippen molar-refractivity contribution in [1.82, 2.24) is 0 Å². The molecule has 2 N–H and O–H groups in total. The van der Waals surface area contributed by atoms with Gasteiger partial charge in [-0.15, -0.1) is 0 Å². The minimum Gasteiger partial charge on any atom is -0.326 e. The predicted molar refractivity (Wildman–Crippen MR) is 98.9 cm³/mol. The van der Waals surface area contributed by atoms with Gasteiger partial charge in [0.15, 0.2) is 0 Å². The summed E-state index contributed by atoms with van der Waals surface area (Å²) in [6.07, 6.45) is 10.5. The van der Waals surface area contributed by atoms with E-state index in [1.54, 1.807) is 0 Å². The summed E-state index contributed by atoms with van der Waals surface area (Å²) in [7, 11) is 0. The van der Waals surface area contributed by atoms with Gasteiger partial charge in [0.05, 0.1) is 0 Å². The predicted octanol–water partition coefficient (Wildman–Crippen LogP) is 5.13. The SMILES string of the molecule is CC1(CCc2ccc(CN)cc2)C=CC(c2ccccc2)=CC1. The van der Waals surface area contributed by atoms with Crippen molar-refractivity contribution in [2.24, 2.45) is 11.1 Å². The maximum absolute atomic E-state index is 5.66. The average Bonchev–Trinajstić information content (AvgIpc) is 2.62. The van der Waals surface area contributed by atoms with Crippen LogP contribution in [0.4, 0.5) is 0 Å². The molecule has 1 aliphatic rings. The van der Waals surface area contributed by atoms with Crippen molar-refractivity contribution in [3.63, 3.8) is 0 Å². The van der Waals surface area contributed by atoms with Gasteiger partial charge in [-0.25, -0.2) is 0 Å². The van der Waals surface area contributed by atoms with E-state index in [0.717, 1.165) is 12.8 Å². The van der Waals surface area contributed by atoms with Crippen LogP contribution in [0.15, 0.2) is 72.8 Å². The first kappa shape index (κ1) is 15.8. The molecule has 1 aliphatic carbocycles. The first-order valence-electron chi connectivity index (χ1n) is 8.41. The lowest BCUT2D eigenvalue weighted by atomic mass is 9.77. The number of benzene rings is 2. The lowest BCUT2D eigenvalue weighted by Gasteiger charge is -2.28. The zero-order valence-corrected chi connectivity index (χ0v) is 13.8. The highest BCUT2D eigenvalue weighted by Crippen LogP contribution is 2.36. The minimum absolute atomic E-state index is 0.255. The molecule has 1 atom stereocenters. The molecule has 0 saturated heterocycles. The van der Waals surface area contributed by atoms with Crippen molar-refractivity contribution in [2.45, 2.75) is 32.7 Å². The van der Waals surface area contributed by atoms with Crippen molar-refractivity contribution < 1.29 is 0 Å². The van der Waals surface area contributed by atoms with Crippen LogP contribution in [0, 0.1) is 5.41 Å². The molecule has 0 amide bonds. The molecule has 0 saturated carbocycles. The third-order valence-corrected chi connectivity index (χ3v) is 4.80. The molecule has 0 aliphatic heterocycles. The van der Waals surface area contributed by atoms with E-state index in [2.05, 4.69) is 79.7 Å². The first-order chi connectivity index (χ1) is 11.2. The Morgan fingerprint density at radius 1 is 0.957 bits per heavy atom. The van der Waals surface area contributed by atoms with Crippen LogP contribution in [0.1, 0.15) is 36.5 Å². The Morgan fingerprint density at radius 2 is 1.65 bits per heavy atom. The molecule has 0 bridgehead atoms. The molecule has 118 valence electrons. The molecule has 0 aromatic heterocycles. The Morgan fingerprint density at radius 3 is 2.26 bits per heavy atom. The topological polar surface area (TPSA) is 26.0 Å². The highest BCUT2D eigenvalue weighted by molar-refractivity contribution is 5.75. The van der Waals surface area contributed by atoms with E-state index in [0.29, 0.717) is 6.54 Å². The quantitative estimate of drug-likeness (QED) is 0.814. The summed E-state index contributed by atoms with van der Waals surface area (Å²) in [4.78, 5) is 0. The third-order valence-electron chi connectivity index (χ3n) is 4.80. The number of nitrogens with two attached hydrogens (primary N) is 1.